The summed E-state index contributed by atoms with van der Waals surface area (Å²) in [6, 6.07) is 16.3. The number of benzene rings is 2. The first kappa shape index (κ1) is 20.9. The number of aryl methyl sites for hydroxylation is 1. The van der Waals surface area contributed by atoms with E-state index >= 15 is 0 Å². The minimum atomic E-state index is -4.57. The minimum Gasteiger partial charge on any atom is -0.271 e. The van der Waals surface area contributed by atoms with Crippen molar-refractivity contribution in [2.24, 2.45) is 0 Å². The number of alkyl halides is 3. The average Bonchev–Trinajstić information content (AvgIpc) is 3.08. The van der Waals surface area contributed by atoms with E-state index in [1.54, 1.807) is 30.3 Å². The molecule has 0 amide bonds. The molecule has 0 N–H and O–H groups in total. The summed E-state index contributed by atoms with van der Waals surface area (Å²) in [6.45, 7) is -0.0862. The maximum atomic E-state index is 13.0. The molecule has 158 valence electrons. The average molecular weight is 445 g/mol. The van der Waals surface area contributed by atoms with Gasteiger partial charge >= 0.3 is 11.9 Å². The van der Waals surface area contributed by atoms with E-state index in [9.17, 15) is 18.0 Å². The van der Waals surface area contributed by atoms with Crippen molar-refractivity contribution in [3.05, 3.63) is 87.1 Å². The first-order valence-corrected chi connectivity index (χ1v) is 9.67. The summed E-state index contributed by atoms with van der Waals surface area (Å²) in [4.78, 5) is 17.1. The molecule has 0 atom stereocenters. The van der Waals surface area contributed by atoms with Crippen LogP contribution in [-0.2, 0) is 6.54 Å². The lowest BCUT2D eigenvalue weighted by Crippen LogP contribution is -2.35. The van der Waals surface area contributed by atoms with Gasteiger partial charge in [0.2, 0.25) is 0 Å². The zero-order valence-corrected chi connectivity index (χ0v) is 17.0. The van der Waals surface area contributed by atoms with Crippen LogP contribution < -0.4 is 5.69 Å². The molecule has 0 fully saturated rings. The Hall–Kier alpha value is -3.39. The van der Waals surface area contributed by atoms with E-state index in [4.69, 9.17) is 11.6 Å². The van der Waals surface area contributed by atoms with Gasteiger partial charge in [-0.2, -0.15) is 22.8 Å². The van der Waals surface area contributed by atoms with Crippen LogP contribution in [0.5, 0.6) is 0 Å². The monoisotopic (exact) mass is 444 g/mol. The highest BCUT2D eigenvalue weighted by Crippen LogP contribution is 2.32. The Labute approximate surface area is 180 Å². The molecule has 2 aromatic heterocycles. The van der Waals surface area contributed by atoms with Crippen LogP contribution in [0.4, 0.5) is 13.2 Å². The molecular formula is C22H16ClF3N4O. The van der Waals surface area contributed by atoms with Gasteiger partial charge in [-0.15, -0.1) is 0 Å². The Kier molecular flexibility index (Phi) is 5.41. The van der Waals surface area contributed by atoms with Gasteiger partial charge in [0, 0.05) is 11.1 Å². The zero-order valence-electron chi connectivity index (χ0n) is 16.3. The second-order valence-electron chi connectivity index (χ2n) is 6.86. The van der Waals surface area contributed by atoms with Crippen molar-refractivity contribution in [2.45, 2.75) is 19.6 Å². The molecule has 5 nitrogen and oxygen atoms in total. The van der Waals surface area contributed by atoms with Gasteiger partial charge in [-0.05, 0) is 24.6 Å². The molecule has 2 aromatic carbocycles. The SMILES string of the molecule is Cc1nc2c(/C=C/c3ccccc3)c(-c3ccccc3Cl)nn2c(=O)n1CC(F)(F)F. The van der Waals surface area contributed by atoms with E-state index in [1.807, 2.05) is 36.4 Å². The van der Waals surface area contributed by atoms with Crippen LogP contribution >= 0.6 is 11.6 Å². The number of hydrogen-bond acceptors (Lipinski definition) is 3. The molecule has 4 rings (SSSR count). The lowest BCUT2D eigenvalue weighted by Gasteiger charge is -2.11. The van der Waals surface area contributed by atoms with Gasteiger partial charge in [0.15, 0.2) is 5.65 Å². The minimum absolute atomic E-state index is 0.0604. The quantitative estimate of drug-likeness (QED) is 0.432. The predicted octanol–water partition coefficient (Wildman–Crippen LogP) is 5.25. The highest BCUT2D eigenvalue weighted by Gasteiger charge is 2.30. The van der Waals surface area contributed by atoms with Gasteiger partial charge in [-0.3, -0.25) is 4.57 Å². The molecule has 4 aromatic rings. The van der Waals surface area contributed by atoms with E-state index in [2.05, 4.69) is 10.1 Å². The lowest BCUT2D eigenvalue weighted by atomic mass is 10.1. The fraction of sp³-hybridized carbons (Fsp3) is 0.136. The summed E-state index contributed by atoms with van der Waals surface area (Å²) < 4.78 is 40.3. The fourth-order valence-corrected chi connectivity index (χ4v) is 3.46. The van der Waals surface area contributed by atoms with Gasteiger partial charge in [0.05, 0.1) is 5.02 Å². The van der Waals surface area contributed by atoms with Crippen molar-refractivity contribution in [2.75, 3.05) is 0 Å². The van der Waals surface area contributed by atoms with Crippen molar-refractivity contribution in [3.8, 4) is 11.3 Å². The second kappa shape index (κ2) is 8.03. The molecule has 0 aliphatic heterocycles. The van der Waals surface area contributed by atoms with Crippen molar-refractivity contribution in [3.63, 3.8) is 0 Å². The van der Waals surface area contributed by atoms with Crippen molar-refractivity contribution >= 4 is 29.4 Å². The third-order valence-corrected chi connectivity index (χ3v) is 5.01. The van der Waals surface area contributed by atoms with Crippen molar-refractivity contribution in [1.29, 1.82) is 0 Å². The van der Waals surface area contributed by atoms with E-state index in [0.29, 0.717) is 26.4 Å². The van der Waals surface area contributed by atoms with Crippen molar-refractivity contribution in [1.82, 2.24) is 19.2 Å². The van der Waals surface area contributed by atoms with Crippen LogP contribution in [0.3, 0.4) is 0 Å². The van der Waals surface area contributed by atoms with Gasteiger partial charge in [-0.25, -0.2) is 9.78 Å². The molecule has 0 saturated carbocycles. The van der Waals surface area contributed by atoms with E-state index < -0.39 is 18.4 Å². The number of rotatable bonds is 4. The highest BCUT2D eigenvalue weighted by atomic mass is 35.5. The third-order valence-electron chi connectivity index (χ3n) is 4.68. The molecule has 0 aliphatic rings. The first-order valence-electron chi connectivity index (χ1n) is 9.29. The van der Waals surface area contributed by atoms with Crippen LogP contribution in [0.2, 0.25) is 5.02 Å². The normalized spacial score (nSPS) is 12.2. The summed E-state index contributed by atoms with van der Waals surface area (Å²) in [5.41, 5.74) is 1.51. The van der Waals surface area contributed by atoms with Crippen molar-refractivity contribution < 1.29 is 13.2 Å². The van der Waals surface area contributed by atoms with Gasteiger partial charge in [0.1, 0.15) is 18.1 Å². The van der Waals surface area contributed by atoms with E-state index in [1.165, 1.54) is 6.92 Å². The Bertz CT molecular complexity index is 1340. The topological polar surface area (TPSA) is 52.2 Å². The van der Waals surface area contributed by atoms with Crippen LogP contribution in [0, 0.1) is 6.92 Å². The molecular weight excluding hydrogens is 429 g/mol. The van der Waals surface area contributed by atoms with E-state index in [0.717, 1.165) is 10.1 Å². The standard InChI is InChI=1S/C22H16ClF3N4O/c1-14-27-20-17(12-11-15-7-3-2-4-8-15)19(16-9-5-6-10-18(16)23)28-30(20)21(31)29(14)13-22(24,25)26/h2-12H,13H2,1H3/b12-11+. The first-order chi connectivity index (χ1) is 14.7. The Morgan fingerprint density at radius 2 is 1.71 bits per heavy atom. The summed E-state index contributed by atoms with van der Waals surface area (Å²) in [5, 5.41) is 4.70. The number of halogens is 4. The third kappa shape index (κ3) is 4.25. The Morgan fingerprint density at radius 3 is 2.39 bits per heavy atom. The Morgan fingerprint density at radius 1 is 1.03 bits per heavy atom. The lowest BCUT2D eigenvalue weighted by molar-refractivity contribution is -0.141. The maximum Gasteiger partial charge on any atom is 0.406 e. The highest BCUT2D eigenvalue weighted by molar-refractivity contribution is 6.33. The number of fused-ring (bicyclic) bond motifs is 1. The summed E-state index contributed by atoms with van der Waals surface area (Å²) >= 11 is 6.34. The Balaban J connectivity index is 1.99. The van der Waals surface area contributed by atoms with Crippen LogP contribution in [0.15, 0.2) is 59.4 Å². The van der Waals surface area contributed by atoms with Gasteiger partial charge in [0.25, 0.3) is 0 Å². The molecule has 0 aliphatic carbocycles. The summed E-state index contributed by atoms with van der Waals surface area (Å²) in [6.07, 6.45) is -1.02. The predicted molar refractivity (Wildman–Crippen MR) is 114 cm³/mol. The van der Waals surface area contributed by atoms with Gasteiger partial charge < -0.3 is 0 Å². The number of nitrogens with zero attached hydrogens (tertiary/aromatic N) is 4. The summed E-state index contributed by atoms with van der Waals surface area (Å²) in [7, 11) is 0. The summed E-state index contributed by atoms with van der Waals surface area (Å²) in [5.74, 6) is -0.0604. The van der Waals surface area contributed by atoms with Crippen LogP contribution in [0.1, 0.15) is 17.0 Å². The van der Waals surface area contributed by atoms with E-state index in [-0.39, 0.29) is 11.5 Å². The molecule has 2 heterocycles. The van der Waals surface area contributed by atoms with Crippen LogP contribution in [-0.4, -0.2) is 25.3 Å². The zero-order chi connectivity index (χ0) is 22.2. The molecule has 0 radical (unpaired) electrons. The smallest absolute Gasteiger partial charge is 0.271 e. The molecule has 0 bridgehead atoms. The number of aromatic nitrogens is 4. The second-order valence-corrected chi connectivity index (χ2v) is 7.27. The molecule has 0 saturated heterocycles. The van der Waals surface area contributed by atoms with Crippen LogP contribution in [0.25, 0.3) is 29.1 Å². The van der Waals surface area contributed by atoms with Gasteiger partial charge in [-0.1, -0.05) is 66.2 Å². The molecule has 0 unspecified atom stereocenters. The molecule has 0 spiro atoms. The number of hydrogen-bond donors (Lipinski definition) is 0. The molecule has 31 heavy (non-hydrogen) atoms. The maximum absolute atomic E-state index is 13.0. The largest absolute Gasteiger partial charge is 0.406 e. The molecule has 9 heteroatoms. The fourth-order valence-electron chi connectivity index (χ4n) is 3.24.